The van der Waals surface area contributed by atoms with Crippen molar-refractivity contribution >= 4 is 78.3 Å². The van der Waals surface area contributed by atoms with E-state index in [0.29, 0.717) is 11.4 Å². The van der Waals surface area contributed by atoms with Crippen LogP contribution in [0.4, 0.5) is 11.4 Å². The highest BCUT2D eigenvalue weighted by atomic mass is 127. The molecule has 0 spiro atoms. The Morgan fingerprint density at radius 3 is 1.96 bits per heavy atom. The minimum Gasteiger partial charge on any atom is -0.400 e. The van der Waals surface area contributed by atoms with Gasteiger partial charge >= 0.3 is 0 Å². The second-order valence-corrected chi connectivity index (χ2v) is 15.5. The summed E-state index contributed by atoms with van der Waals surface area (Å²) in [5.74, 6) is -0.756. The molecule has 0 bridgehead atoms. The number of isocyanates is 1. The number of hydrogen-bond acceptors (Lipinski definition) is 7. The molecule has 1 aliphatic rings. The molecule has 2 N–H and O–H groups in total. The number of anilines is 1. The molecule has 1 aromatic rings. The van der Waals surface area contributed by atoms with E-state index < -0.39 is 0 Å². The van der Waals surface area contributed by atoms with Gasteiger partial charge in [0.15, 0.2) is 0 Å². The molecule has 0 aliphatic carbocycles. The molecule has 0 aromatic heterocycles. The highest BCUT2D eigenvalue weighted by molar-refractivity contribution is 14.2. The Balaban J connectivity index is 0. The number of rotatable bonds is 3. The summed E-state index contributed by atoms with van der Waals surface area (Å²) < 4.78 is 2.62. The lowest BCUT2D eigenvalue weighted by Crippen LogP contribution is -2.29. The standard InChI is InChI=1S/C11H6N2O3.C2H7NS.CH5IP2.CH4O/c14-7-12-8-1-3-9(4-2-8)13-10(15)5-6-11(13)16;1-2-3-4;1-4(2)3;1-2/h1-6H;3-4H,2H2,1H3;3H2,1H3;2H,1H3. The summed E-state index contributed by atoms with van der Waals surface area (Å²) in [4.78, 5) is 37.1. The summed E-state index contributed by atoms with van der Waals surface area (Å²) in [6.07, 6.45) is 3.82. The first-order valence-electron chi connectivity index (χ1n) is 7.07. The third-order valence-electron chi connectivity index (χ3n) is 2.25. The SMILES string of the molecule is CCNS.CO.CP(P)I.O=C=Nc1ccc(N2C(=O)C=CC2=O)cc1. The quantitative estimate of drug-likeness (QED) is 0.139. The molecule has 11 heteroatoms. The monoisotopic (exact) mass is 529 g/mol. The van der Waals surface area contributed by atoms with Gasteiger partial charge in [0.1, 0.15) is 0 Å². The highest BCUT2D eigenvalue weighted by Crippen LogP contribution is 2.48. The fourth-order valence-electron chi connectivity index (χ4n) is 1.38. The van der Waals surface area contributed by atoms with Crippen LogP contribution in [0, 0.1) is 0 Å². The molecule has 1 heterocycles. The highest BCUT2D eigenvalue weighted by Gasteiger charge is 2.24. The van der Waals surface area contributed by atoms with Crippen LogP contribution in [0.5, 0.6) is 0 Å². The Bertz CT molecular complexity index is 601. The van der Waals surface area contributed by atoms with Crippen LogP contribution in [0.2, 0.25) is 0 Å². The van der Waals surface area contributed by atoms with Crippen molar-refractivity contribution < 1.29 is 19.5 Å². The average molecular weight is 529 g/mol. The van der Waals surface area contributed by atoms with Crippen molar-refractivity contribution in [2.45, 2.75) is 6.92 Å². The van der Waals surface area contributed by atoms with Crippen LogP contribution in [0.1, 0.15) is 6.92 Å². The van der Waals surface area contributed by atoms with Crippen molar-refractivity contribution in [2.75, 3.05) is 25.2 Å². The van der Waals surface area contributed by atoms with Gasteiger partial charge in [-0.2, -0.15) is 4.99 Å². The first-order valence-corrected chi connectivity index (χ1v) is 13.7. The number of aliphatic hydroxyl groups is 1. The van der Waals surface area contributed by atoms with Crippen molar-refractivity contribution in [1.82, 2.24) is 4.72 Å². The van der Waals surface area contributed by atoms with Crippen LogP contribution in [-0.4, -0.2) is 43.3 Å². The molecule has 26 heavy (non-hydrogen) atoms. The number of benzene rings is 1. The largest absolute Gasteiger partial charge is 0.400 e. The van der Waals surface area contributed by atoms with Gasteiger partial charge in [0.2, 0.25) is 6.08 Å². The Hall–Kier alpha value is -0.660. The topological polar surface area (TPSA) is 99.1 Å². The van der Waals surface area contributed by atoms with E-state index in [4.69, 9.17) is 5.11 Å². The minimum atomic E-state index is -0.378. The number of hydrogen-bond donors (Lipinski definition) is 3. The van der Waals surface area contributed by atoms with Crippen molar-refractivity contribution in [3.05, 3.63) is 36.4 Å². The zero-order chi connectivity index (χ0) is 20.5. The zero-order valence-electron chi connectivity index (χ0n) is 14.6. The normalized spacial score (nSPS) is 12.5. The van der Waals surface area contributed by atoms with Crippen molar-refractivity contribution in [2.24, 2.45) is 4.99 Å². The number of carbonyl (C=O) groups excluding carboxylic acids is 3. The Morgan fingerprint density at radius 1 is 1.27 bits per heavy atom. The molecule has 144 valence electrons. The molecule has 2 atom stereocenters. The average Bonchev–Trinajstić information content (AvgIpc) is 2.96. The van der Waals surface area contributed by atoms with Gasteiger partial charge < -0.3 is 5.11 Å². The van der Waals surface area contributed by atoms with E-state index in [1.165, 1.54) is 30.4 Å². The van der Waals surface area contributed by atoms with Gasteiger partial charge in [-0.25, -0.2) is 9.69 Å². The predicted octanol–water partition coefficient (Wildman–Crippen LogP) is 3.37. The molecule has 7 nitrogen and oxygen atoms in total. The van der Waals surface area contributed by atoms with E-state index in [0.717, 1.165) is 18.6 Å². The summed E-state index contributed by atoms with van der Waals surface area (Å²) in [7, 11) is 3.71. The molecule has 1 aliphatic heterocycles. The van der Waals surface area contributed by atoms with E-state index in [1.807, 2.05) is 6.92 Å². The number of nitrogens with one attached hydrogen (secondary N) is 1. The molecule has 2 amide bonds. The minimum absolute atomic E-state index is 0.266. The summed E-state index contributed by atoms with van der Waals surface area (Å²) >= 11 is 6.04. The number of carbonyl (C=O) groups is 2. The fraction of sp³-hybridized carbons (Fsp3) is 0.267. The van der Waals surface area contributed by atoms with Crippen LogP contribution < -0.4 is 9.62 Å². The van der Waals surface area contributed by atoms with Gasteiger partial charge in [0, 0.05) is 25.8 Å². The van der Waals surface area contributed by atoms with Crippen LogP contribution in [-0.2, 0) is 14.4 Å². The van der Waals surface area contributed by atoms with E-state index >= 15 is 0 Å². The molecule has 2 unspecified atom stereocenters. The summed E-state index contributed by atoms with van der Waals surface area (Å²) in [6.45, 7) is 5.11. The molecule has 0 radical (unpaired) electrons. The smallest absolute Gasteiger partial charge is 0.258 e. The molecule has 1 aromatic carbocycles. The molecular weight excluding hydrogens is 507 g/mol. The lowest BCUT2D eigenvalue weighted by molar-refractivity contribution is -0.119. The van der Waals surface area contributed by atoms with E-state index in [9.17, 15) is 14.4 Å². The Kier molecular flexibility index (Phi) is 18.8. The lowest BCUT2D eigenvalue weighted by Gasteiger charge is -2.13. The Morgan fingerprint density at radius 2 is 1.65 bits per heavy atom. The molecule has 0 saturated carbocycles. The van der Waals surface area contributed by atoms with Gasteiger partial charge in [-0.15, -0.1) is 8.93 Å². The van der Waals surface area contributed by atoms with Gasteiger partial charge in [0.25, 0.3) is 11.8 Å². The third-order valence-corrected chi connectivity index (χ3v) is 2.57. The van der Waals surface area contributed by atoms with Crippen molar-refractivity contribution in [1.29, 1.82) is 0 Å². The van der Waals surface area contributed by atoms with E-state index in [-0.39, 0.29) is 17.1 Å². The number of nitrogens with zero attached hydrogens (tertiary/aromatic N) is 2. The maximum absolute atomic E-state index is 11.3. The maximum atomic E-state index is 11.3. The predicted molar refractivity (Wildman–Crippen MR) is 123 cm³/mol. The molecule has 0 saturated heterocycles. The van der Waals surface area contributed by atoms with Crippen molar-refractivity contribution in [3.63, 3.8) is 0 Å². The Labute approximate surface area is 175 Å². The number of aliphatic hydroxyl groups excluding tert-OH is 1. The first kappa shape index (κ1) is 27.6. The third kappa shape index (κ3) is 12.7. The summed E-state index contributed by atoms with van der Waals surface area (Å²) in [5.41, 5.74) is 0.871. The van der Waals surface area contributed by atoms with Crippen LogP contribution in [0.25, 0.3) is 0 Å². The van der Waals surface area contributed by atoms with Crippen LogP contribution in [0.3, 0.4) is 0 Å². The number of aliphatic imine (C=N–C) groups is 1. The van der Waals surface area contributed by atoms with E-state index in [1.54, 1.807) is 12.1 Å². The summed E-state index contributed by atoms with van der Waals surface area (Å²) in [6, 6.07) is 6.14. The van der Waals surface area contributed by atoms with Gasteiger partial charge in [-0.3, -0.25) is 14.3 Å². The zero-order valence-corrected chi connectivity index (χ0v) is 19.7. The first-order chi connectivity index (χ1) is 12.4. The number of thiol groups is 1. The second-order valence-electron chi connectivity index (χ2n) is 4.10. The lowest BCUT2D eigenvalue weighted by atomic mass is 10.2. The molecule has 0 fully saturated rings. The van der Waals surface area contributed by atoms with Gasteiger partial charge in [-0.1, -0.05) is 19.7 Å². The van der Waals surface area contributed by atoms with Gasteiger partial charge in [-0.05, 0) is 58.2 Å². The van der Waals surface area contributed by atoms with E-state index in [2.05, 4.69) is 60.2 Å². The fourth-order valence-corrected chi connectivity index (χ4v) is 1.38. The molecular formula is C15H22IN3O4P2S. The van der Waals surface area contributed by atoms with Crippen LogP contribution >= 0.6 is 49.0 Å². The number of halogens is 1. The number of amides is 2. The summed E-state index contributed by atoms with van der Waals surface area (Å²) in [5, 5.41) is 7.27. The van der Waals surface area contributed by atoms with Crippen LogP contribution in [0.15, 0.2) is 41.4 Å². The molecule has 2 rings (SSSR count). The van der Waals surface area contributed by atoms with Gasteiger partial charge in [0.05, 0.1) is 11.4 Å². The maximum Gasteiger partial charge on any atom is 0.258 e. The number of imide groups is 1. The van der Waals surface area contributed by atoms with Crippen molar-refractivity contribution in [3.8, 4) is 0 Å². The second kappa shape index (κ2) is 17.7.